The van der Waals surface area contributed by atoms with E-state index >= 15 is 0 Å². The van der Waals surface area contributed by atoms with Crippen molar-refractivity contribution in [2.45, 2.75) is 13.8 Å². The van der Waals surface area contributed by atoms with Gasteiger partial charge in [0.2, 0.25) is 5.95 Å². The van der Waals surface area contributed by atoms with Crippen molar-refractivity contribution < 1.29 is 14.3 Å². The highest BCUT2D eigenvalue weighted by Crippen LogP contribution is 2.15. The molecule has 7 heteroatoms. The maximum absolute atomic E-state index is 12.4. The van der Waals surface area contributed by atoms with E-state index in [-0.39, 0.29) is 18.3 Å². The second kappa shape index (κ2) is 8.77. The van der Waals surface area contributed by atoms with Gasteiger partial charge in [-0.15, -0.1) is 0 Å². The van der Waals surface area contributed by atoms with Gasteiger partial charge < -0.3 is 4.74 Å². The molecule has 3 aromatic rings. The SMILES string of the molecule is Cc1cc(C)nc(NNC(=O)COc2ccc(C(=O)c3ccccc3)cc2)n1. The molecule has 0 bridgehead atoms. The maximum atomic E-state index is 12.4. The van der Waals surface area contributed by atoms with E-state index in [4.69, 9.17) is 4.74 Å². The largest absolute Gasteiger partial charge is 0.484 e. The van der Waals surface area contributed by atoms with Crippen molar-refractivity contribution in [3.8, 4) is 5.75 Å². The van der Waals surface area contributed by atoms with Gasteiger partial charge in [0.15, 0.2) is 12.4 Å². The zero-order valence-electron chi connectivity index (χ0n) is 15.6. The van der Waals surface area contributed by atoms with Gasteiger partial charge in [-0.2, -0.15) is 0 Å². The zero-order chi connectivity index (χ0) is 19.9. The second-order valence-electron chi connectivity index (χ2n) is 6.16. The van der Waals surface area contributed by atoms with E-state index < -0.39 is 0 Å². The summed E-state index contributed by atoms with van der Waals surface area (Å²) in [5.74, 6) is 0.353. The van der Waals surface area contributed by atoms with Crippen molar-refractivity contribution in [1.82, 2.24) is 15.4 Å². The molecule has 2 aromatic carbocycles. The normalized spacial score (nSPS) is 10.2. The number of benzene rings is 2. The molecule has 0 saturated heterocycles. The number of ketones is 1. The van der Waals surface area contributed by atoms with Gasteiger partial charge in [0, 0.05) is 22.5 Å². The van der Waals surface area contributed by atoms with Crippen LogP contribution in [0.15, 0.2) is 60.7 Å². The summed E-state index contributed by atoms with van der Waals surface area (Å²) in [5.41, 5.74) is 7.91. The van der Waals surface area contributed by atoms with Crippen LogP contribution in [-0.2, 0) is 4.79 Å². The molecule has 0 aliphatic carbocycles. The molecule has 1 heterocycles. The third kappa shape index (κ3) is 5.14. The lowest BCUT2D eigenvalue weighted by Crippen LogP contribution is -2.34. The first-order chi connectivity index (χ1) is 13.5. The number of nitrogens with zero attached hydrogens (tertiary/aromatic N) is 2. The summed E-state index contributed by atoms with van der Waals surface area (Å²) in [4.78, 5) is 32.6. The summed E-state index contributed by atoms with van der Waals surface area (Å²) >= 11 is 0. The smallest absolute Gasteiger partial charge is 0.276 e. The van der Waals surface area contributed by atoms with Crippen LogP contribution in [-0.4, -0.2) is 28.3 Å². The molecule has 7 nitrogen and oxygen atoms in total. The predicted octanol–water partition coefficient (Wildman–Crippen LogP) is 2.85. The molecule has 3 rings (SSSR count). The first kappa shape index (κ1) is 19.0. The number of amides is 1. The van der Waals surface area contributed by atoms with Gasteiger partial charge in [-0.25, -0.2) is 9.97 Å². The molecule has 0 fully saturated rings. The second-order valence-corrected chi connectivity index (χ2v) is 6.16. The highest BCUT2D eigenvalue weighted by Gasteiger charge is 2.09. The number of ether oxygens (including phenoxy) is 1. The summed E-state index contributed by atoms with van der Waals surface area (Å²) in [6.45, 7) is 3.50. The Morgan fingerprint density at radius 1 is 0.893 bits per heavy atom. The molecule has 0 spiro atoms. The van der Waals surface area contributed by atoms with Crippen molar-refractivity contribution in [3.63, 3.8) is 0 Å². The number of carbonyl (C=O) groups is 2. The summed E-state index contributed by atoms with van der Waals surface area (Å²) in [6, 6.07) is 17.5. The Morgan fingerprint density at radius 2 is 1.50 bits per heavy atom. The van der Waals surface area contributed by atoms with Crippen LogP contribution in [0.3, 0.4) is 0 Å². The summed E-state index contributed by atoms with van der Waals surface area (Å²) in [7, 11) is 0. The Hall–Kier alpha value is -3.74. The quantitative estimate of drug-likeness (QED) is 0.487. The van der Waals surface area contributed by atoms with Crippen LogP contribution < -0.4 is 15.6 Å². The number of hydrogen-bond acceptors (Lipinski definition) is 6. The van der Waals surface area contributed by atoms with E-state index in [1.165, 1.54) is 0 Å². The average Bonchev–Trinajstić information content (AvgIpc) is 2.70. The fourth-order valence-corrected chi connectivity index (χ4v) is 2.55. The molecule has 2 N–H and O–H groups in total. The molecule has 1 aromatic heterocycles. The van der Waals surface area contributed by atoms with Crippen LogP contribution in [0.4, 0.5) is 5.95 Å². The number of aryl methyl sites for hydroxylation is 2. The number of rotatable bonds is 7. The molecule has 142 valence electrons. The predicted molar refractivity (Wildman–Crippen MR) is 105 cm³/mol. The highest BCUT2D eigenvalue weighted by molar-refractivity contribution is 6.08. The third-order valence-electron chi connectivity index (χ3n) is 3.82. The number of nitrogens with one attached hydrogen (secondary N) is 2. The van der Waals surface area contributed by atoms with Crippen molar-refractivity contribution in [1.29, 1.82) is 0 Å². The minimum atomic E-state index is -0.382. The van der Waals surface area contributed by atoms with E-state index in [2.05, 4.69) is 20.8 Å². The average molecular weight is 376 g/mol. The van der Waals surface area contributed by atoms with Crippen LogP contribution >= 0.6 is 0 Å². The molecule has 1 amide bonds. The third-order valence-corrected chi connectivity index (χ3v) is 3.82. The molecular weight excluding hydrogens is 356 g/mol. The van der Waals surface area contributed by atoms with Gasteiger partial charge in [0.05, 0.1) is 0 Å². The van der Waals surface area contributed by atoms with Crippen molar-refractivity contribution in [2.24, 2.45) is 0 Å². The number of anilines is 1. The number of carbonyl (C=O) groups excluding carboxylic acids is 2. The number of aromatic nitrogens is 2. The van der Waals surface area contributed by atoms with Gasteiger partial charge in [-0.05, 0) is 44.2 Å². The van der Waals surface area contributed by atoms with Crippen LogP contribution in [0.2, 0.25) is 0 Å². The van der Waals surface area contributed by atoms with Gasteiger partial charge in [0.25, 0.3) is 5.91 Å². The fraction of sp³-hybridized carbons (Fsp3) is 0.143. The monoisotopic (exact) mass is 376 g/mol. The van der Waals surface area contributed by atoms with Crippen molar-refractivity contribution in [2.75, 3.05) is 12.0 Å². The molecule has 0 aliphatic rings. The zero-order valence-corrected chi connectivity index (χ0v) is 15.6. The van der Waals surface area contributed by atoms with Crippen molar-refractivity contribution >= 4 is 17.6 Å². The Bertz CT molecular complexity index is 952. The molecule has 28 heavy (non-hydrogen) atoms. The van der Waals surface area contributed by atoms with E-state index in [0.29, 0.717) is 22.8 Å². The molecule has 0 atom stereocenters. The van der Waals surface area contributed by atoms with E-state index in [9.17, 15) is 9.59 Å². The van der Waals surface area contributed by atoms with Gasteiger partial charge >= 0.3 is 0 Å². The molecule has 0 radical (unpaired) electrons. The van der Waals surface area contributed by atoms with Crippen LogP contribution in [0.25, 0.3) is 0 Å². The van der Waals surface area contributed by atoms with Gasteiger partial charge in [-0.3, -0.25) is 20.4 Å². The fourth-order valence-electron chi connectivity index (χ4n) is 2.55. The van der Waals surface area contributed by atoms with E-state index in [1.54, 1.807) is 36.4 Å². The topological polar surface area (TPSA) is 93.2 Å². The first-order valence-corrected chi connectivity index (χ1v) is 8.71. The summed E-state index contributed by atoms with van der Waals surface area (Å²) < 4.78 is 5.44. The minimum Gasteiger partial charge on any atom is -0.484 e. The minimum absolute atomic E-state index is 0.0671. The summed E-state index contributed by atoms with van der Waals surface area (Å²) in [6.07, 6.45) is 0. The van der Waals surface area contributed by atoms with E-state index in [0.717, 1.165) is 11.4 Å². The Labute approximate surface area is 162 Å². The lowest BCUT2D eigenvalue weighted by Gasteiger charge is -2.10. The Morgan fingerprint density at radius 3 is 2.14 bits per heavy atom. The summed E-state index contributed by atoms with van der Waals surface area (Å²) in [5, 5.41) is 0. The Balaban J connectivity index is 1.50. The molecule has 0 saturated carbocycles. The van der Waals surface area contributed by atoms with Crippen LogP contribution in [0.1, 0.15) is 27.3 Å². The van der Waals surface area contributed by atoms with Gasteiger partial charge in [0.1, 0.15) is 5.75 Å². The lowest BCUT2D eigenvalue weighted by molar-refractivity contribution is -0.122. The maximum Gasteiger partial charge on any atom is 0.276 e. The first-order valence-electron chi connectivity index (χ1n) is 8.71. The lowest BCUT2D eigenvalue weighted by atomic mass is 10.0. The van der Waals surface area contributed by atoms with Crippen LogP contribution in [0.5, 0.6) is 5.75 Å². The Kier molecular flexibility index (Phi) is 5.96. The number of hydrazine groups is 1. The van der Waals surface area contributed by atoms with Crippen LogP contribution in [0, 0.1) is 13.8 Å². The number of hydrogen-bond donors (Lipinski definition) is 2. The molecule has 0 aliphatic heterocycles. The molecule has 0 unspecified atom stereocenters. The van der Waals surface area contributed by atoms with Crippen molar-refractivity contribution in [3.05, 3.63) is 83.2 Å². The standard InChI is InChI=1S/C21H20N4O3/c1-14-12-15(2)23-21(22-14)25-24-19(26)13-28-18-10-8-17(9-11-18)20(27)16-6-4-3-5-7-16/h3-12H,13H2,1-2H3,(H,24,26)(H,22,23,25). The van der Waals surface area contributed by atoms with Gasteiger partial charge in [-0.1, -0.05) is 30.3 Å². The molecular formula is C21H20N4O3. The van der Waals surface area contributed by atoms with E-state index in [1.807, 2.05) is 38.1 Å². The highest BCUT2D eigenvalue weighted by atomic mass is 16.5.